The van der Waals surface area contributed by atoms with Gasteiger partial charge in [-0.25, -0.2) is 0 Å². The van der Waals surface area contributed by atoms with Crippen LogP contribution in [0.15, 0.2) is 0 Å². The van der Waals surface area contributed by atoms with E-state index in [-0.39, 0.29) is 32.8 Å². The summed E-state index contributed by atoms with van der Waals surface area (Å²) in [6.45, 7) is 3.64. The first-order chi connectivity index (χ1) is 9.60. The van der Waals surface area contributed by atoms with Crippen LogP contribution in [0.2, 0.25) is 0 Å². The summed E-state index contributed by atoms with van der Waals surface area (Å²) in [7, 11) is 0. The van der Waals surface area contributed by atoms with Crippen LogP contribution in [0.4, 0.5) is 0 Å². The molecule has 0 aliphatic carbocycles. The second-order valence-electron chi connectivity index (χ2n) is 4.14. The number of carbonyl (C=O) groups excluding carboxylic acids is 1. The van der Waals surface area contributed by atoms with Gasteiger partial charge in [-0.1, -0.05) is 0 Å². The summed E-state index contributed by atoms with van der Waals surface area (Å²) in [4.78, 5) is 9.24. The Balaban J connectivity index is 0. The van der Waals surface area contributed by atoms with Gasteiger partial charge in [-0.05, 0) is 19.8 Å². The first-order valence-electron chi connectivity index (χ1n) is 6.75. The van der Waals surface area contributed by atoms with Crippen LogP contribution in [0.25, 0.3) is 0 Å². The lowest BCUT2D eigenvalue weighted by molar-refractivity contribution is -0.261. The van der Waals surface area contributed by atoms with Crippen molar-refractivity contribution in [2.75, 3.05) is 39.6 Å². The van der Waals surface area contributed by atoms with Gasteiger partial charge >= 0.3 is 0 Å². The third-order valence-corrected chi connectivity index (χ3v) is 2.23. The molecule has 0 radical (unpaired) electrons. The van der Waals surface area contributed by atoms with Gasteiger partial charge in [0.2, 0.25) is 0 Å². The largest absolute Gasteiger partial charge is 0.396 e. The molecule has 0 aromatic carbocycles. The molecule has 122 valence electrons. The molecule has 20 heavy (non-hydrogen) atoms. The summed E-state index contributed by atoms with van der Waals surface area (Å²) in [6, 6.07) is 0. The lowest BCUT2D eigenvalue weighted by Crippen LogP contribution is -2.38. The van der Waals surface area contributed by atoms with Crippen LogP contribution >= 0.6 is 0 Å². The molecule has 0 spiro atoms. The summed E-state index contributed by atoms with van der Waals surface area (Å²) in [5.41, 5.74) is 0. The topological polar surface area (TPSA) is 116 Å². The minimum Gasteiger partial charge on any atom is -0.396 e. The summed E-state index contributed by atoms with van der Waals surface area (Å²) < 4.78 is 10.6. The molecule has 1 saturated heterocycles. The molecular weight excluding hydrogens is 268 g/mol. The summed E-state index contributed by atoms with van der Waals surface area (Å²) >= 11 is 0. The van der Waals surface area contributed by atoms with E-state index < -0.39 is 5.79 Å². The second kappa shape index (κ2) is 16.5. The Morgan fingerprint density at radius 2 is 1.55 bits per heavy atom. The highest BCUT2D eigenvalue weighted by molar-refractivity contribution is 5.49. The Kier molecular flexibility index (Phi) is 17.9. The third-order valence-electron chi connectivity index (χ3n) is 2.23. The number of hydrogen-bond donors (Lipinski definition) is 4. The molecule has 0 aromatic heterocycles. The van der Waals surface area contributed by atoms with Gasteiger partial charge in [0.15, 0.2) is 5.79 Å². The molecule has 0 bridgehead atoms. The van der Waals surface area contributed by atoms with Crippen LogP contribution in [0.1, 0.15) is 32.6 Å². The Morgan fingerprint density at radius 3 is 1.80 bits per heavy atom. The zero-order chi connectivity index (χ0) is 15.7. The van der Waals surface area contributed by atoms with Gasteiger partial charge < -0.3 is 34.7 Å². The molecular formula is C13H28O7. The maximum atomic E-state index is 9.24. The van der Waals surface area contributed by atoms with E-state index >= 15 is 0 Å². The molecule has 1 rings (SSSR count). The van der Waals surface area contributed by atoms with Crippen molar-refractivity contribution in [3.8, 4) is 0 Å². The molecule has 0 saturated carbocycles. The zero-order valence-corrected chi connectivity index (χ0v) is 12.2. The Hall–Kier alpha value is -0.570. The van der Waals surface area contributed by atoms with E-state index in [2.05, 4.69) is 0 Å². The lowest BCUT2D eigenvalue weighted by atomic mass is 10.2. The van der Waals surface area contributed by atoms with Crippen molar-refractivity contribution in [1.29, 1.82) is 0 Å². The number of ether oxygens (including phenoxy) is 2. The molecule has 1 aliphatic heterocycles. The summed E-state index contributed by atoms with van der Waals surface area (Å²) in [6.07, 6.45) is 2.97. The van der Waals surface area contributed by atoms with Gasteiger partial charge in [-0.2, -0.15) is 0 Å². The second-order valence-corrected chi connectivity index (χ2v) is 4.14. The number of aldehydes is 1. The average Bonchev–Trinajstić information content (AvgIpc) is 2.43. The molecule has 1 fully saturated rings. The first kappa shape index (κ1) is 21.7. The standard InChI is InChI=1S/C7H14O3.C3H8O2.C3H6O2/c1-7(3-4-8)9-5-2-6-10-7;2*4-2-1-3-5/h8H,2-6H2,1H3;4-5H,1-3H2;2,5H,1,3H2. The van der Waals surface area contributed by atoms with E-state index in [0.717, 1.165) is 19.6 Å². The Labute approximate surface area is 120 Å². The van der Waals surface area contributed by atoms with Crippen molar-refractivity contribution in [2.24, 2.45) is 0 Å². The normalized spacial score (nSPS) is 16.2. The van der Waals surface area contributed by atoms with Crippen LogP contribution in [0.5, 0.6) is 0 Å². The molecule has 7 nitrogen and oxygen atoms in total. The maximum absolute atomic E-state index is 9.24. The van der Waals surface area contributed by atoms with Crippen molar-refractivity contribution < 1.29 is 34.7 Å². The smallest absolute Gasteiger partial charge is 0.167 e. The maximum Gasteiger partial charge on any atom is 0.167 e. The number of hydrogen-bond acceptors (Lipinski definition) is 7. The minimum atomic E-state index is -0.521. The van der Waals surface area contributed by atoms with E-state index in [1.54, 1.807) is 0 Å². The van der Waals surface area contributed by atoms with Crippen LogP contribution in [-0.2, 0) is 14.3 Å². The minimum absolute atomic E-state index is 0.0243. The molecule has 0 amide bonds. The van der Waals surface area contributed by atoms with E-state index in [1.165, 1.54) is 0 Å². The van der Waals surface area contributed by atoms with Gasteiger partial charge in [0.1, 0.15) is 6.29 Å². The molecule has 4 N–H and O–H groups in total. The van der Waals surface area contributed by atoms with Crippen molar-refractivity contribution in [3.05, 3.63) is 0 Å². The monoisotopic (exact) mass is 296 g/mol. The lowest BCUT2D eigenvalue weighted by Gasteiger charge is -2.33. The van der Waals surface area contributed by atoms with Gasteiger partial charge in [0.25, 0.3) is 0 Å². The number of aliphatic hydroxyl groups is 4. The molecule has 7 heteroatoms. The third kappa shape index (κ3) is 15.5. The molecule has 1 aliphatic rings. The van der Waals surface area contributed by atoms with E-state index in [9.17, 15) is 4.79 Å². The molecule has 1 heterocycles. The van der Waals surface area contributed by atoms with Gasteiger partial charge in [0, 0.05) is 39.3 Å². The van der Waals surface area contributed by atoms with Crippen molar-refractivity contribution in [2.45, 2.75) is 38.4 Å². The number of rotatable bonds is 6. The quantitative estimate of drug-likeness (QED) is 0.486. The van der Waals surface area contributed by atoms with Crippen molar-refractivity contribution >= 4 is 6.29 Å². The van der Waals surface area contributed by atoms with E-state index in [1.807, 2.05) is 6.92 Å². The fourth-order valence-corrected chi connectivity index (χ4v) is 1.15. The average molecular weight is 296 g/mol. The van der Waals surface area contributed by atoms with Crippen LogP contribution in [0, 0.1) is 0 Å². The summed E-state index contributed by atoms with van der Waals surface area (Å²) in [5.74, 6) is -0.521. The van der Waals surface area contributed by atoms with E-state index in [0.29, 0.717) is 19.1 Å². The Morgan fingerprint density at radius 1 is 1.00 bits per heavy atom. The Bertz CT molecular complexity index is 186. The molecule has 0 atom stereocenters. The van der Waals surface area contributed by atoms with Crippen LogP contribution in [0.3, 0.4) is 0 Å². The van der Waals surface area contributed by atoms with Gasteiger partial charge in [0.05, 0.1) is 13.2 Å². The highest BCUT2D eigenvalue weighted by Gasteiger charge is 2.27. The van der Waals surface area contributed by atoms with Gasteiger partial charge in [-0.3, -0.25) is 0 Å². The molecule has 0 unspecified atom stereocenters. The number of carbonyl (C=O) groups is 1. The SMILES string of the molecule is CC1(CCO)OCCCO1.O=CCCO.OCCCO. The van der Waals surface area contributed by atoms with E-state index in [4.69, 9.17) is 29.9 Å². The zero-order valence-electron chi connectivity index (χ0n) is 12.2. The highest BCUT2D eigenvalue weighted by Crippen LogP contribution is 2.20. The van der Waals surface area contributed by atoms with Crippen LogP contribution < -0.4 is 0 Å². The van der Waals surface area contributed by atoms with Gasteiger partial charge in [-0.15, -0.1) is 0 Å². The number of aliphatic hydroxyl groups excluding tert-OH is 4. The van der Waals surface area contributed by atoms with Crippen LogP contribution in [-0.4, -0.2) is 72.1 Å². The molecule has 0 aromatic rings. The summed E-state index contributed by atoms with van der Waals surface area (Å²) in [5, 5.41) is 32.3. The predicted octanol–water partition coefficient (Wildman–Crippen LogP) is -0.549. The van der Waals surface area contributed by atoms with Crippen molar-refractivity contribution in [1.82, 2.24) is 0 Å². The predicted molar refractivity (Wildman–Crippen MR) is 73.2 cm³/mol. The first-order valence-corrected chi connectivity index (χ1v) is 6.75. The fraction of sp³-hybridized carbons (Fsp3) is 0.923. The van der Waals surface area contributed by atoms with Crippen molar-refractivity contribution in [3.63, 3.8) is 0 Å². The fourth-order valence-electron chi connectivity index (χ4n) is 1.15. The highest BCUT2D eigenvalue weighted by atomic mass is 16.7.